The van der Waals surface area contributed by atoms with Crippen LogP contribution in [0.2, 0.25) is 0 Å². The van der Waals surface area contributed by atoms with E-state index in [-0.39, 0.29) is 5.78 Å². The average molecular weight is 291 g/mol. The molecule has 0 aliphatic rings. The maximum absolute atomic E-state index is 11.8. The molecule has 0 aliphatic carbocycles. The smallest absolute Gasteiger partial charge is 0.187 e. The number of halogens is 1. The Bertz CT molecular complexity index is 327. The summed E-state index contributed by atoms with van der Waals surface area (Å²) >= 11 is 4.85. The topological polar surface area (TPSA) is 32.3 Å². The molecule has 1 aromatic rings. The van der Waals surface area contributed by atoms with E-state index in [0.717, 1.165) is 22.4 Å². The van der Waals surface area contributed by atoms with Crippen LogP contribution in [0.15, 0.2) is 15.9 Å². The van der Waals surface area contributed by atoms with Crippen LogP contribution in [0.5, 0.6) is 0 Å². The van der Waals surface area contributed by atoms with Crippen LogP contribution >= 0.6 is 27.3 Å². The number of likely N-dealkylation sites (N-methyl/N-ethyl adjacent to an activating group) is 2. The van der Waals surface area contributed by atoms with Crippen molar-refractivity contribution in [3.05, 3.63) is 20.8 Å². The normalized spacial score (nSPS) is 10.9. The van der Waals surface area contributed by atoms with E-state index >= 15 is 0 Å². The summed E-state index contributed by atoms with van der Waals surface area (Å²) in [5, 5.41) is 4.98. The number of hydrogen-bond donors (Lipinski definition) is 1. The minimum absolute atomic E-state index is 0.176. The van der Waals surface area contributed by atoms with Crippen molar-refractivity contribution in [3.8, 4) is 0 Å². The zero-order chi connectivity index (χ0) is 11.3. The van der Waals surface area contributed by atoms with Gasteiger partial charge < -0.3 is 5.32 Å². The highest BCUT2D eigenvalue weighted by atomic mass is 79.9. The number of nitrogens with one attached hydrogen (secondary N) is 1. The van der Waals surface area contributed by atoms with Gasteiger partial charge in [-0.15, -0.1) is 11.3 Å². The second kappa shape index (κ2) is 6.37. The van der Waals surface area contributed by atoms with Crippen molar-refractivity contribution < 1.29 is 4.79 Å². The Morgan fingerprint density at radius 1 is 1.67 bits per heavy atom. The van der Waals surface area contributed by atoms with E-state index in [9.17, 15) is 4.79 Å². The molecule has 0 bridgehead atoms. The van der Waals surface area contributed by atoms with Gasteiger partial charge in [-0.1, -0.05) is 0 Å². The van der Waals surface area contributed by atoms with E-state index in [2.05, 4.69) is 21.2 Å². The lowest BCUT2D eigenvalue weighted by Crippen LogP contribution is -2.31. The van der Waals surface area contributed by atoms with Gasteiger partial charge in [0.1, 0.15) is 0 Å². The second-order valence-electron chi connectivity index (χ2n) is 3.36. The molecule has 0 saturated heterocycles. The second-order valence-corrected chi connectivity index (χ2v) is 5.13. The molecule has 5 heteroatoms. The average Bonchev–Trinajstić information content (AvgIpc) is 2.61. The molecule has 3 nitrogen and oxygen atoms in total. The van der Waals surface area contributed by atoms with Crippen LogP contribution in [0.1, 0.15) is 9.67 Å². The van der Waals surface area contributed by atoms with Gasteiger partial charge in [-0.3, -0.25) is 9.69 Å². The van der Waals surface area contributed by atoms with Crippen LogP contribution < -0.4 is 5.32 Å². The van der Waals surface area contributed by atoms with E-state index < -0.39 is 0 Å². The highest BCUT2D eigenvalue weighted by Gasteiger charge is 2.13. The Balaban J connectivity index is 2.46. The number of Topliss-reactive ketones (excluding diaryl/α,β-unsaturated/α-hetero) is 1. The molecule has 1 rings (SSSR count). The Kier molecular flexibility index (Phi) is 5.45. The third-order valence-electron chi connectivity index (χ3n) is 2.03. The van der Waals surface area contributed by atoms with Gasteiger partial charge in [0.05, 0.1) is 11.4 Å². The van der Waals surface area contributed by atoms with Gasteiger partial charge in [-0.2, -0.15) is 0 Å². The Labute approximate surface area is 103 Å². The first-order valence-electron chi connectivity index (χ1n) is 4.74. The fraction of sp³-hybridized carbons (Fsp3) is 0.500. The van der Waals surface area contributed by atoms with Gasteiger partial charge in [0.15, 0.2) is 5.78 Å². The highest BCUT2D eigenvalue weighted by molar-refractivity contribution is 9.10. The van der Waals surface area contributed by atoms with E-state index in [1.165, 1.54) is 11.3 Å². The molecule has 0 saturated carbocycles. The minimum atomic E-state index is 0.176. The number of nitrogens with zero attached hydrogens (tertiary/aromatic N) is 1. The largest absolute Gasteiger partial charge is 0.318 e. The number of rotatable bonds is 6. The van der Waals surface area contributed by atoms with Crippen LogP contribution in [0, 0.1) is 0 Å². The standard InChI is InChI=1S/C10H15BrN2OS/c1-12-4-5-13(2)7-9(14)10-8(11)3-6-15-10/h3,6,12H,4-5,7H2,1-2H3. The van der Waals surface area contributed by atoms with Crippen LogP contribution in [-0.2, 0) is 0 Å². The Morgan fingerprint density at radius 2 is 2.40 bits per heavy atom. The summed E-state index contributed by atoms with van der Waals surface area (Å²) in [6.45, 7) is 2.25. The molecule has 0 spiro atoms. The van der Waals surface area contributed by atoms with Gasteiger partial charge in [-0.05, 0) is 41.5 Å². The Morgan fingerprint density at radius 3 is 2.93 bits per heavy atom. The lowest BCUT2D eigenvalue weighted by molar-refractivity contribution is 0.0950. The molecule has 1 N–H and O–H groups in total. The van der Waals surface area contributed by atoms with Crippen LogP contribution in [0.3, 0.4) is 0 Å². The number of thiophene rings is 1. The van der Waals surface area contributed by atoms with Crippen molar-refractivity contribution >= 4 is 33.0 Å². The highest BCUT2D eigenvalue weighted by Crippen LogP contribution is 2.23. The van der Waals surface area contributed by atoms with Gasteiger partial charge in [0.2, 0.25) is 0 Å². The molecule has 15 heavy (non-hydrogen) atoms. The van der Waals surface area contributed by atoms with E-state index in [1.54, 1.807) is 0 Å². The van der Waals surface area contributed by atoms with Crippen molar-refractivity contribution in [2.24, 2.45) is 0 Å². The molecule has 1 aromatic heterocycles. The fourth-order valence-electron chi connectivity index (χ4n) is 1.19. The monoisotopic (exact) mass is 290 g/mol. The third-order valence-corrected chi connectivity index (χ3v) is 3.91. The number of carbonyl (C=O) groups is 1. The van der Waals surface area contributed by atoms with Crippen LogP contribution in [0.4, 0.5) is 0 Å². The van der Waals surface area contributed by atoms with Crippen LogP contribution in [-0.4, -0.2) is 44.4 Å². The fourth-order valence-corrected chi connectivity index (χ4v) is 2.72. The Hall–Kier alpha value is -0.230. The van der Waals surface area contributed by atoms with E-state index in [4.69, 9.17) is 0 Å². The molecule has 0 amide bonds. The van der Waals surface area contributed by atoms with Gasteiger partial charge in [-0.25, -0.2) is 0 Å². The molecule has 0 atom stereocenters. The molecular formula is C10H15BrN2OS. The van der Waals surface area contributed by atoms with Crippen molar-refractivity contribution in [1.82, 2.24) is 10.2 Å². The third kappa shape index (κ3) is 4.03. The van der Waals surface area contributed by atoms with E-state index in [1.807, 2.05) is 30.4 Å². The lowest BCUT2D eigenvalue weighted by Gasteiger charge is -2.14. The van der Waals surface area contributed by atoms with Crippen molar-refractivity contribution in [2.45, 2.75) is 0 Å². The predicted octanol–water partition coefficient (Wildman–Crippen LogP) is 1.84. The van der Waals surface area contributed by atoms with Crippen LogP contribution in [0.25, 0.3) is 0 Å². The number of hydrogen-bond acceptors (Lipinski definition) is 4. The minimum Gasteiger partial charge on any atom is -0.318 e. The maximum atomic E-state index is 11.8. The van der Waals surface area contributed by atoms with Crippen molar-refractivity contribution in [2.75, 3.05) is 33.7 Å². The molecule has 0 fully saturated rings. The lowest BCUT2D eigenvalue weighted by atomic mass is 10.3. The zero-order valence-corrected chi connectivity index (χ0v) is 11.3. The maximum Gasteiger partial charge on any atom is 0.187 e. The summed E-state index contributed by atoms with van der Waals surface area (Å²) < 4.78 is 0.902. The van der Waals surface area contributed by atoms with E-state index in [0.29, 0.717) is 6.54 Å². The van der Waals surface area contributed by atoms with Gasteiger partial charge in [0, 0.05) is 17.6 Å². The summed E-state index contributed by atoms with van der Waals surface area (Å²) in [7, 11) is 3.86. The SMILES string of the molecule is CNCCN(C)CC(=O)c1sccc1Br. The zero-order valence-electron chi connectivity index (χ0n) is 8.92. The summed E-state index contributed by atoms with van der Waals surface area (Å²) in [5.41, 5.74) is 0. The van der Waals surface area contributed by atoms with Crippen molar-refractivity contribution in [1.29, 1.82) is 0 Å². The van der Waals surface area contributed by atoms with Gasteiger partial charge in [0.25, 0.3) is 0 Å². The first-order chi connectivity index (χ1) is 7.15. The molecule has 1 heterocycles. The summed E-state index contributed by atoms with van der Waals surface area (Å²) in [4.78, 5) is 14.6. The molecule has 0 unspecified atom stereocenters. The first kappa shape index (κ1) is 12.8. The molecule has 0 aromatic carbocycles. The number of ketones is 1. The molecular weight excluding hydrogens is 276 g/mol. The number of carbonyl (C=O) groups excluding carboxylic acids is 1. The molecule has 84 valence electrons. The molecule has 0 radical (unpaired) electrons. The summed E-state index contributed by atoms with van der Waals surface area (Å²) in [5.74, 6) is 0.176. The summed E-state index contributed by atoms with van der Waals surface area (Å²) in [6.07, 6.45) is 0. The summed E-state index contributed by atoms with van der Waals surface area (Å²) in [6, 6.07) is 1.91. The predicted molar refractivity (Wildman–Crippen MR) is 67.8 cm³/mol. The quantitative estimate of drug-likeness (QED) is 0.812. The first-order valence-corrected chi connectivity index (χ1v) is 6.41. The molecule has 0 aliphatic heterocycles. The van der Waals surface area contributed by atoms with Crippen molar-refractivity contribution in [3.63, 3.8) is 0 Å². The van der Waals surface area contributed by atoms with Gasteiger partial charge >= 0.3 is 0 Å².